The molecule has 2 fully saturated rings. The fraction of sp³-hybridized carbons (Fsp3) is 0.929. The van der Waals surface area contributed by atoms with Crippen molar-refractivity contribution in [2.24, 2.45) is 11.3 Å². The lowest BCUT2D eigenvalue weighted by Gasteiger charge is -2.48. The van der Waals surface area contributed by atoms with Gasteiger partial charge in [0.2, 0.25) is 5.91 Å². The van der Waals surface area contributed by atoms with Crippen LogP contribution in [-0.4, -0.2) is 34.6 Å². The number of piperidine rings is 1. The molecule has 0 bridgehead atoms. The summed E-state index contributed by atoms with van der Waals surface area (Å²) in [7, 11) is 0. The molecule has 1 N–H and O–H groups in total. The van der Waals surface area contributed by atoms with E-state index < -0.39 is 5.60 Å². The van der Waals surface area contributed by atoms with Gasteiger partial charge < -0.3 is 10.0 Å². The Bertz CT molecular complexity index is 305. The Morgan fingerprint density at radius 1 is 1.35 bits per heavy atom. The van der Waals surface area contributed by atoms with Gasteiger partial charge in [-0.1, -0.05) is 26.7 Å². The fourth-order valence-corrected chi connectivity index (χ4v) is 2.52. The van der Waals surface area contributed by atoms with Crippen LogP contribution in [0.3, 0.4) is 0 Å². The normalized spacial score (nSPS) is 32.6. The second kappa shape index (κ2) is 4.27. The zero-order chi connectivity index (χ0) is 12.7. The molecule has 0 aromatic heterocycles. The van der Waals surface area contributed by atoms with E-state index in [1.165, 1.54) is 12.8 Å². The molecule has 0 aromatic carbocycles. The number of hydrogen-bond acceptors (Lipinski definition) is 2. The van der Waals surface area contributed by atoms with E-state index in [-0.39, 0.29) is 11.3 Å². The highest BCUT2D eigenvalue weighted by Crippen LogP contribution is 2.39. The van der Waals surface area contributed by atoms with Gasteiger partial charge in [-0.3, -0.25) is 4.79 Å². The zero-order valence-electron chi connectivity index (χ0n) is 11.3. The Labute approximate surface area is 104 Å². The molecule has 1 heterocycles. The molecule has 0 spiro atoms. The van der Waals surface area contributed by atoms with Crippen molar-refractivity contribution >= 4 is 5.91 Å². The summed E-state index contributed by atoms with van der Waals surface area (Å²) in [6.45, 7) is 7.38. The Kier molecular flexibility index (Phi) is 3.23. The third-order valence-electron chi connectivity index (χ3n) is 4.73. The number of hydrogen-bond donors (Lipinski definition) is 1. The Morgan fingerprint density at radius 2 is 2.00 bits per heavy atom. The average Bonchev–Trinajstić information content (AvgIpc) is 3.02. The van der Waals surface area contributed by atoms with Crippen molar-refractivity contribution in [2.45, 2.75) is 58.5 Å². The maximum Gasteiger partial charge on any atom is 0.222 e. The maximum atomic E-state index is 12.1. The molecule has 3 nitrogen and oxygen atoms in total. The average molecular weight is 239 g/mol. The minimum Gasteiger partial charge on any atom is -0.389 e. The van der Waals surface area contributed by atoms with Crippen LogP contribution in [0.1, 0.15) is 52.9 Å². The van der Waals surface area contributed by atoms with Gasteiger partial charge in [0.1, 0.15) is 0 Å². The molecule has 3 heteroatoms. The van der Waals surface area contributed by atoms with E-state index in [9.17, 15) is 9.90 Å². The topological polar surface area (TPSA) is 40.5 Å². The van der Waals surface area contributed by atoms with Crippen LogP contribution in [0, 0.1) is 11.3 Å². The minimum atomic E-state index is -0.653. The van der Waals surface area contributed by atoms with Gasteiger partial charge in [-0.15, -0.1) is 0 Å². The second-order valence-corrected chi connectivity index (χ2v) is 6.71. The predicted molar refractivity (Wildman–Crippen MR) is 67.6 cm³/mol. The summed E-state index contributed by atoms with van der Waals surface area (Å²) in [5.41, 5.74) is -0.860. The maximum absolute atomic E-state index is 12.1. The highest BCUT2D eigenvalue weighted by atomic mass is 16.3. The van der Waals surface area contributed by atoms with Gasteiger partial charge in [-0.05, 0) is 25.7 Å². The summed E-state index contributed by atoms with van der Waals surface area (Å²) < 4.78 is 0. The first-order valence-corrected chi connectivity index (χ1v) is 6.82. The van der Waals surface area contributed by atoms with E-state index in [1.807, 2.05) is 25.7 Å². The standard InChI is InChI=1S/C14H25NO2/c1-13(2)10-15(9-8-14(13,3)17)12(16)7-6-11-4-5-11/h11,17H,4-10H2,1-3H3/t14-/m1/s1. The molecule has 2 rings (SSSR count). The molecule has 0 aromatic rings. The molecule has 1 aliphatic carbocycles. The molecular weight excluding hydrogens is 214 g/mol. The SMILES string of the molecule is CC1(C)CN(C(=O)CCC2CC2)CC[C@@]1(C)O. The molecule has 1 aliphatic heterocycles. The van der Waals surface area contributed by atoms with Crippen molar-refractivity contribution in [3.05, 3.63) is 0 Å². The monoisotopic (exact) mass is 239 g/mol. The number of nitrogens with zero attached hydrogens (tertiary/aromatic N) is 1. The van der Waals surface area contributed by atoms with Crippen LogP contribution in [0.4, 0.5) is 0 Å². The van der Waals surface area contributed by atoms with Crippen molar-refractivity contribution in [2.75, 3.05) is 13.1 Å². The van der Waals surface area contributed by atoms with Crippen LogP contribution < -0.4 is 0 Å². The lowest BCUT2D eigenvalue weighted by Crippen LogP contribution is -2.56. The molecule has 0 radical (unpaired) electrons. The lowest BCUT2D eigenvalue weighted by molar-refractivity contribution is -0.147. The molecule has 1 atom stereocenters. The van der Waals surface area contributed by atoms with Gasteiger partial charge in [0, 0.05) is 24.9 Å². The van der Waals surface area contributed by atoms with Gasteiger partial charge in [-0.2, -0.15) is 0 Å². The molecular formula is C14H25NO2. The Morgan fingerprint density at radius 3 is 2.53 bits per heavy atom. The van der Waals surface area contributed by atoms with Crippen LogP contribution in [0.5, 0.6) is 0 Å². The lowest BCUT2D eigenvalue weighted by atomic mass is 9.71. The summed E-state index contributed by atoms with van der Waals surface area (Å²) >= 11 is 0. The highest BCUT2D eigenvalue weighted by Gasteiger charge is 2.45. The van der Waals surface area contributed by atoms with E-state index >= 15 is 0 Å². The number of rotatable bonds is 3. The first-order valence-electron chi connectivity index (χ1n) is 6.82. The molecule has 2 aliphatic rings. The minimum absolute atomic E-state index is 0.208. The number of amides is 1. The van der Waals surface area contributed by atoms with Crippen LogP contribution in [0.15, 0.2) is 0 Å². The highest BCUT2D eigenvalue weighted by molar-refractivity contribution is 5.76. The molecule has 1 saturated carbocycles. The van der Waals surface area contributed by atoms with Gasteiger partial charge in [-0.25, -0.2) is 0 Å². The Hall–Kier alpha value is -0.570. The summed E-state index contributed by atoms with van der Waals surface area (Å²) in [6, 6.07) is 0. The van der Waals surface area contributed by atoms with E-state index in [4.69, 9.17) is 0 Å². The van der Waals surface area contributed by atoms with Gasteiger partial charge in [0.25, 0.3) is 0 Å². The summed E-state index contributed by atoms with van der Waals surface area (Å²) in [5, 5.41) is 10.3. The van der Waals surface area contributed by atoms with Gasteiger partial charge in [0.15, 0.2) is 0 Å². The van der Waals surface area contributed by atoms with E-state index in [0.717, 1.165) is 12.3 Å². The van der Waals surface area contributed by atoms with E-state index in [1.54, 1.807) is 0 Å². The summed E-state index contributed by atoms with van der Waals surface area (Å²) in [5.74, 6) is 1.10. The number of aliphatic hydroxyl groups is 1. The van der Waals surface area contributed by atoms with Gasteiger partial charge >= 0.3 is 0 Å². The van der Waals surface area contributed by atoms with Crippen molar-refractivity contribution in [3.8, 4) is 0 Å². The largest absolute Gasteiger partial charge is 0.389 e. The predicted octanol–water partition coefficient (Wildman–Crippen LogP) is 2.19. The quantitative estimate of drug-likeness (QED) is 0.820. The number of carbonyl (C=O) groups excluding carboxylic acids is 1. The first kappa shape index (κ1) is 12.9. The second-order valence-electron chi connectivity index (χ2n) is 6.71. The number of carbonyl (C=O) groups is 1. The van der Waals surface area contributed by atoms with E-state index in [0.29, 0.717) is 25.9 Å². The molecule has 1 saturated heterocycles. The molecule has 98 valence electrons. The summed E-state index contributed by atoms with van der Waals surface area (Å²) in [4.78, 5) is 14.0. The van der Waals surface area contributed by atoms with Crippen LogP contribution in [0.2, 0.25) is 0 Å². The molecule has 17 heavy (non-hydrogen) atoms. The molecule has 0 unspecified atom stereocenters. The van der Waals surface area contributed by atoms with Gasteiger partial charge in [0.05, 0.1) is 5.60 Å². The van der Waals surface area contributed by atoms with Crippen molar-refractivity contribution in [3.63, 3.8) is 0 Å². The van der Waals surface area contributed by atoms with Crippen molar-refractivity contribution in [1.82, 2.24) is 4.90 Å². The van der Waals surface area contributed by atoms with E-state index in [2.05, 4.69) is 0 Å². The van der Waals surface area contributed by atoms with Crippen molar-refractivity contribution in [1.29, 1.82) is 0 Å². The molecule has 1 amide bonds. The smallest absolute Gasteiger partial charge is 0.222 e. The summed E-state index contributed by atoms with van der Waals surface area (Å²) in [6.07, 6.45) is 5.07. The fourth-order valence-electron chi connectivity index (χ4n) is 2.52. The van der Waals surface area contributed by atoms with Crippen LogP contribution in [0.25, 0.3) is 0 Å². The van der Waals surface area contributed by atoms with Crippen LogP contribution in [-0.2, 0) is 4.79 Å². The third-order valence-corrected chi connectivity index (χ3v) is 4.73. The number of likely N-dealkylation sites (tertiary alicyclic amines) is 1. The first-order chi connectivity index (χ1) is 7.82. The Balaban J connectivity index is 1.88. The van der Waals surface area contributed by atoms with Crippen molar-refractivity contribution < 1.29 is 9.90 Å². The third kappa shape index (κ3) is 2.82. The zero-order valence-corrected chi connectivity index (χ0v) is 11.3. The van der Waals surface area contributed by atoms with Crippen LogP contribution >= 0.6 is 0 Å².